The third kappa shape index (κ3) is 5.14. The third-order valence-electron chi connectivity index (χ3n) is 5.47. The highest BCUT2D eigenvalue weighted by Crippen LogP contribution is 2.24. The molecule has 0 atom stereocenters. The smallest absolute Gasteiger partial charge is 0.159 e. The van der Waals surface area contributed by atoms with Crippen molar-refractivity contribution in [3.8, 4) is 0 Å². The third-order valence-corrected chi connectivity index (χ3v) is 5.47. The second-order valence-corrected chi connectivity index (χ2v) is 7.78. The van der Waals surface area contributed by atoms with Gasteiger partial charge in [-0.2, -0.15) is 0 Å². The lowest BCUT2D eigenvalue weighted by Crippen LogP contribution is -2.00. The van der Waals surface area contributed by atoms with Gasteiger partial charge in [0.05, 0.1) is 6.61 Å². The number of hydrogen-bond acceptors (Lipinski definition) is 3. The van der Waals surface area contributed by atoms with E-state index in [9.17, 15) is 8.78 Å². The van der Waals surface area contributed by atoms with Crippen molar-refractivity contribution >= 4 is 10.8 Å². The van der Waals surface area contributed by atoms with Crippen LogP contribution in [0.1, 0.15) is 28.1 Å². The molecule has 0 saturated carbocycles. The first-order valence-electron chi connectivity index (χ1n) is 10.5. The van der Waals surface area contributed by atoms with Gasteiger partial charge in [0, 0.05) is 36.9 Å². The van der Waals surface area contributed by atoms with Gasteiger partial charge in [-0.1, -0.05) is 36.4 Å². The minimum Gasteiger partial charge on any atom is -0.380 e. The van der Waals surface area contributed by atoms with Gasteiger partial charge in [0.1, 0.15) is 11.6 Å². The second kappa shape index (κ2) is 9.92. The van der Waals surface area contributed by atoms with Crippen LogP contribution in [0.25, 0.3) is 10.8 Å². The summed E-state index contributed by atoms with van der Waals surface area (Å²) >= 11 is 0. The molecule has 32 heavy (non-hydrogen) atoms. The van der Waals surface area contributed by atoms with Gasteiger partial charge in [-0.3, -0.25) is 0 Å². The highest BCUT2D eigenvalue weighted by atomic mass is 19.2. The van der Waals surface area contributed by atoms with Gasteiger partial charge >= 0.3 is 0 Å². The van der Waals surface area contributed by atoms with Crippen molar-refractivity contribution in [1.29, 1.82) is 0 Å². The summed E-state index contributed by atoms with van der Waals surface area (Å²) in [5.74, 6) is -1.28. The number of halogens is 3. The molecule has 0 radical (unpaired) electrons. The van der Waals surface area contributed by atoms with E-state index in [2.05, 4.69) is 9.97 Å². The van der Waals surface area contributed by atoms with Gasteiger partial charge in [-0.25, -0.2) is 23.1 Å². The SMILES string of the molecule is COCc1cnc(CCc2ccc3c(F)c(CCc4ccc(F)c(F)c4)ccc3c2)nc1. The number of rotatable bonds is 8. The van der Waals surface area contributed by atoms with Crippen molar-refractivity contribution in [2.75, 3.05) is 7.11 Å². The topological polar surface area (TPSA) is 35.0 Å². The van der Waals surface area contributed by atoms with Crippen LogP contribution < -0.4 is 0 Å². The summed E-state index contributed by atoms with van der Waals surface area (Å²) in [6.07, 6.45) is 5.81. The molecule has 0 spiro atoms. The molecule has 0 fully saturated rings. The van der Waals surface area contributed by atoms with Gasteiger partial charge in [-0.05, 0) is 53.5 Å². The second-order valence-electron chi connectivity index (χ2n) is 7.78. The lowest BCUT2D eigenvalue weighted by atomic mass is 9.98. The molecule has 0 amide bonds. The molecule has 6 heteroatoms. The van der Waals surface area contributed by atoms with Crippen LogP contribution in [0.2, 0.25) is 0 Å². The van der Waals surface area contributed by atoms with Crippen LogP contribution in [-0.4, -0.2) is 17.1 Å². The van der Waals surface area contributed by atoms with E-state index < -0.39 is 11.6 Å². The normalized spacial score (nSPS) is 11.2. The highest BCUT2D eigenvalue weighted by molar-refractivity contribution is 5.84. The number of hydrogen-bond donors (Lipinski definition) is 0. The molecule has 1 aromatic heterocycles. The Kier molecular flexibility index (Phi) is 6.81. The molecule has 1 heterocycles. The Morgan fingerprint density at radius 3 is 2.19 bits per heavy atom. The fraction of sp³-hybridized carbons (Fsp3) is 0.231. The predicted molar refractivity (Wildman–Crippen MR) is 118 cm³/mol. The van der Waals surface area contributed by atoms with E-state index in [1.807, 2.05) is 18.2 Å². The monoisotopic (exact) mass is 436 g/mol. The molecule has 164 valence electrons. The number of ether oxygens (including phenoxy) is 1. The molecule has 0 aliphatic heterocycles. The maximum absolute atomic E-state index is 15.0. The number of aromatic nitrogens is 2. The zero-order valence-corrected chi connectivity index (χ0v) is 17.7. The van der Waals surface area contributed by atoms with Gasteiger partial charge in [0.15, 0.2) is 11.6 Å². The fourth-order valence-electron chi connectivity index (χ4n) is 3.72. The average Bonchev–Trinajstić information content (AvgIpc) is 2.80. The summed E-state index contributed by atoms with van der Waals surface area (Å²) in [7, 11) is 1.63. The van der Waals surface area contributed by atoms with Gasteiger partial charge in [0.2, 0.25) is 0 Å². The van der Waals surface area contributed by atoms with Gasteiger partial charge < -0.3 is 4.74 Å². The maximum atomic E-state index is 15.0. The number of nitrogens with zero attached hydrogens (tertiary/aromatic N) is 2. The van der Waals surface area contributed by atoms with Crippen molar-refractivity contribution in [1.82, 2.24) is 9.97 Å². The van der Waals surface area contributed by atoms with E-state index in [1.165, 1.54) is 6.07 Å². The van der Waals surface area contributed by atoms with E-state index >= 15 is 4.39 Å². The predicted octanol–water partition coefficient (Wildman–Crippen LogP) is 5.76. The summed E-state index contributed by atoms with van der Waals surface area (Å²) in [4.78, 5) is 8.72. The first kappa shape index (κ1) is 22.0. The lowest BCUT2D eigenvalue weighted by molar-refractivity contribution is 0.184. The first-order chi connectivity index (χ1) is 15.5. The molecule has 3 aromatic carbocycles. The number of methoxy groups -OCH3 is 1. The number of fused-ring (bicyclic) bond motifs is 1. The van der Waals surface area contributed by atoms with Crippen molar-refractivity contribution < 1.29 is 17.9 Å². The van der Waals surface area contributed by atoms with E-state index in [0.717, 1.165) is 40.9 Å². The molecule has 0 saturated heterocycles. The highest BCUT2D eigenvalue weighted by Gasteiger charge is 2.10. The van der Waals surface area contributed by atoms with Crippen LogP contribution in [0.4, 0.5) is 13.2 Å². The summed E-state index contributed by atoms with van der Waals surface area (Å²) in [6.45, 7) is 0.485. The number of benzene rings is 3. The van der Waals surface area contributed by atoms with E-state index in [-0.39, 0.29) is 5.82 Å². The van der Waals surface area contributed by atoms with Crippen LogP contribution in [0.5, 0.6) is 0 Å². The lowest BCUT2D eigenvalue weighted by Gasteiger charge is -2.09. The zero-order chi connectivity index (χ0) is 22.5. The van der Waals surface area contributed by atoms with Crippen molar-refractivity contribution in [2.45, 2.75) is 32.3 Å². The Morgan fingerprint density at radius 2 is 1.44 bits per heavy atom. The van der Waals surface area contributed by atoms with Crippen LogP contribution >= 0.6 is 0 Å². The average molecular weight is 436 g/mol. The maximum Gasteiger partial charge on any atom is 0.159 e. The largest absolute Gasteiger partial charge is 0.380 e. The van der Waals surface area contributed by atoms with E-state index in [0.29, 0.717) is 42.4 Å². The molecule has 4 aromatic rings. The number of aryl methyl sites for hydroxylation is 4. The fourth-order valence-corrected chi connectivity index (χ4v) is 3.72. The van der Waals surface area contributed by atoms with Crippen molar-refractivity contribution in [2.24, 2.45) is 0 Å². The molecule has 4 rings (SSSR count). The minimum atomic E-state index is -0.884. The van der Waals surface area contributed by atoms with E-state index in [4.69, 9.17) is 4.74 Å². The van der Waals surface area contributed by atoms with Crippen molar-refractivity contribution in [3.05, 3.63) is 106 Å². The summed E-state index contributed by atoms with van der Waals surface area (Å²) in [5.41, 5.74) is 3.20. The molecule has 0 aliphatic rings. The van der Waals surface area contributed by atoms with Gasteiger partial charge in [-0.15, -0.1) is 0 Å². The Balaban J connectivity index is 1.43. The Morgan fingerprint density at radius 1 is 0.719 bits per heavy atom. The molecule has 0 N–H and O–H groups in total. The quantitative estimate of drug-likeness (QED) is 0.352. The van der Waals surface area contributed by atoms with Crippen LogP contribution in [0, 0.1) is 17.5 Å². The van der Waals surface area contributed by atoms with Crippen LogP contribution in [-0.2, 0) is 37.0 Å². The van der Waals surface area contributed by atoms with Crippen molar-refractivity contribution in [3.63, 3.8) is 0 Å². The summed E-state index contributed by atoms with van der Waals surface area (Å²) < 4.78 is 46.6. The summed E-state index contributed by atoms with van der Waals surface area (Å²) in [6, 6.07) is 13.2. The standard InChI is InChI=1S/C26H23F3N2O/c1-32-16-19-14-30-25(31-15-19)11-5-17-3-9-22-21(12-17)8-7-20(26(22)29)6-2-18-4-10-23(27)24(28)13-18/h3-4,7-10,12-15H,2,5-6,11,16H2,1H3. The molecule has 0 aliphatic carbocycles. The molecule has 3 nitrogen and oxygen atoms in total. The van der Waals surface area contributed by atoms with Crippen LogP contribution in [0.3, 0.4) is 0 Å². The Labute approximate surface area is 184 Å². The zero-order valence-electron chi connectivity index (χ0n) is 17.7. The molecule has 0 bridgehead atoms. The summed E-state index contributed by atoms with van der Waals surface area (Å²) in [5, 5.41) is 1.38. The van der Waals surface area contributed by atoms with Gasteiger partial charge in [0.25, 0.3) is 0 Å². The molecule has 0 unspecified atom stereocenters. The van der Waals surface area contributed by atoms with E-state index in [1.54, 1.807) is 31.6 Å². The van der Waals surface area contributed by atoms with Crippen LogP contribution in [0.15, 0.2) is 60.9 Å². The Hall–Kier alpha value is -3.25. The molecular formula is C26H23F3N2O. The minimum absolute atomic E-state index is 0.270. The Bertz CT molecular complexity index is 1230. The first-order valence-corrected chi connectivity index (χ1v) is 10.5. The molecular weight excluding hydrogens is 413 g/mol.